The Labute approximate surface area is 98.9 Å². The summed E-state index contributed by atoms with van der Waals surface area (Å²) >= 11 is 0. The number of benzene rings is 1. The van der Waals surface area contributed by atoms with E-state index >= 15 is 0 Å². The van der Waals surface area contributed by atoms with E-state index in [2.05, 4.69) is 12.1 Å². The van der Waals surface area contributed by atoms with Gasteiger partial charge in [0.2, 0.25) is 0 Å². The summed E-state index contributed by atoms with van der Waals surface area (Å²) in [5, 5.41) is 12.3. The number of aryl methyl sites for hydroxylation is 2. The number of aromatic carboxylic acids is 1. The first-order chi connectivity index (χ1) is 8.11. The molecule has 4 nitrogen and oxygen atoms in total. The lowest BCUT2D eigenvalue weighted by molar-refractivity contribution is 0.0686. The maximum absolute atomic E-state index is 10.7. The summed E-state index contributed by atoms with van der Waals surface area (Å²) in [5.41, 5.74) is 3.22. The van der Waals surface area contributed by atoms with Crippen molar-refractivity contribution in [3.05, 3.63) is 41.1 Å². The van der Waals surface area contributed by atoms with Crippen LogP contribution in [0.4, 0.5) is 0 Å². The maximum atomic E-state index is 10.7. The van der Waals surface area contributed by atoms with Gasteiger partial charge >= 0.3 is 5.97 Å². The Hall–Kier alpha value is -2.10. The molecule has 0 amide bonds. The van der Waals surface area contributed by atoms with E-state index in [-0.39, 0.29) is 5.69 Å². The van der Waals surface area contributed by atoms with Gasteiger partial charge in [-0.1, -0.05) is 24.2 Å². The van der Waals surface area contributed by atoms with E-state index < -0.39 is 5.97 Å². The fourth-order valence-electron chi connectivity index (χ4n) is 1.72. The monoisotopic (exact) mass is 231 g/mol. The van der Waals surface area contributed by atoms with E-state index in [1.807, 2.05) is 25.1 Å². The van der Waals surface area contributed by atoms with Gasteiger partial charge in [-0.05, 0) is 30.5 Å². The minimum absolute atomic E-state index is 0.0707. The van der Waals surface area contributed by atoms with Crippen LogP contribution >= 0.6 is 0 Å². The highest BCUT2D eigenvalue weighted by molar-refractivity contribution is 5.86. The van der Waals surface area contributed by atoms with Crippen LogP contribution in [0.5, 0.6) is 0 Å². The number of aromatic nitrogens is 1. The molecule has 1 aromatic heterocycles. The average Bonchev–Trinajstić information content (AvgIpc) is 2.79. The van der Waals surface area contributed by atoms with Crippen LogP contribution in [0.15, 0.2) is 28.8 Å². The van der Waals surface area contributed by atoms with Crippen LogP contribution in [-0.2, 0) is 6.42 Å². The van der Waals surface area contributed by atoms with E-state index in [0.717, 1.165) is 12.0 Å². The van der Waals surface area contributed by atoms with Crippen molar-refractivity contribution in [1.82, 2.24) is 5.16 Å². The first-order valence-corrected chi connectivity index (χ1v) is 5.41. The molecule has 2 aromatic rings. The molecule has 0 aliphatic heterocycles. The normalized spacial score (nSPS) is 10.5. The second kappa shape index (κ2) is 4.41. The van der Waals surface area contributed by atoms with Crippen LogP contribution in [0, 0.1) is 6.92 Å². The van der Waals surface area contributed by atoms with Gasteiger partial charge in [0.25, 0.3) is 0 Å². The molecule has 0 bridgehead atoms. The smallest absolute Gasteiger partial charge is 0.358 e. The highest BCUT2D eigenvalue weighted by atomic mass is 16.5. The third-order valence-electron chi connectivity index (χ3n) is 2.74. The van der Waals surface area contributed by atoms with Crippen molar-refractivity contribution < 1.29 is 14.4 Å². The van der Waals surface area contributed by atoms with E-state index in [0.29, 0.717) is 5.76 Å². The topological polar surface area (TPSA) is 63.3 Å². The number of hydrogen-bond donors (Lipinski definition) is 1. The summed E-state index contributed by atoms with van der Waals surface area (Å²) in [4.78, 5) is 10.7. The molecule has 0 fully saturated rings. The third-order valence-corrected chi connectivity index (χ3v) is 2.74. The lowest BCUT2D eigenvalue weighted by Gasteiger charge is -2.04. The minimum atomic E-state index is -1.08. The molecular formula is C13H13NO3. The van der Waals surface area contributed by atoms with Crippen LogP contribution < -0.4 is 0 Å². The average molecular weight is 231 g/mol. The first kappa shape index (κ1) is 11.4. The molecule has 0 radical (unpaired) electrons. The van der Waals surface area contributed by atoms with Gasteiger partial charge in [-0.2, -0.15) is 0 Å². The van der Waals surface area contributed by atoms with Crippen LogP contribution in [-0.4, -0.2) is 16.2 Å². The van der Waals surface area contributed by atoms with E-state index in [1.54, 1.807) is 0 Å². The lowest BCUT2D eigenvalue weighted by Crippen LogP contribution is -1.94. The van der Waals surface area contributed by atoms with Crippen LogP contribution in [0.2, 0.25) is 0 Å². The van der Waals surface area contributed by atoms with Gasteiger partial charge in [0.05, 0.1) is 0 Å². The van der Waals surface area contributed by atoms with Crippen molar-refractivity contribution in [2.45, 2.75) is 20.3 Å². The van der Waals surface area contributed by atoms with Gasteiger partial charge < -0.3 is 9.63 Å². The Morgan fingerprint density at radius 2 is 2.18 bits per heavy atom. The van der Waals surface area contributed by atoms with Gasteiger partial charge in [-0.3, -0.25) is 0 Å². The summed E-state index contributed by atoms with van der Waals surface area (Å²) in [6, 6.07) is 7.34. The Bertz CT molecular complexity index is 558. The Balaban J connectivity index is 2.42. The summed E-state index contributed by atoms with van der Waals surface area (Å²) in [6.45, 7) is 4.13. The Kier molecular flexibility index (Phi) is 2.95. The first-order valence-electron chi connectivity index (χ1n) is 5.41. The number of carbonyl (C=O) groups is 1. The molecule has 0 spiro atoms. The van der Waals surface area contributed by atoms with E-state index in [4.69, 9.17) is 9.63 Å². The van der Waals surface area contributed by atoms with Crippen molar-refractivity contribution in [3.8, 4) is 11.3 Å². The molecule has 88 valence electrons. The Morgan fingerprint density at radius 1 is 1.41 bits per heavy atom. The molecule has 0 atom stereocenters. The molecule has 0 saturated carbocycles. The molecule has 4 heteroatoms. The summed E-state index contributed by atoms with van der Waals surface area (Å²) in [5.74, 6) is -0.597. The zero-order chi connectivity index (χ0) is 12.4. The van der Waals surface area contributed by atoms with Crippen molar-refractivity contribution in [2.75, 3.05) is 0 Å². The number of nitrogens with zero attached hydrogens (tertiary/aromatic N) is 1. The highest BCUT2D eigenvalue weighted by Crippen LogP contribution is 2.23. The molecule has 1 N–H and O–H groups in total. The lowest BCUT2D eigenvalue weighted by atomic mass is 10.0. The number of hydrogen-bond acceptors (Lipinski definition) is 3. The molecule has 0 saturated heterocycles. The van der Waals surface area contributed by atoms with Gasteiger partial charge in [-0.15, -0.1) is 0 Å². The molecule has 0 unspecified atom stereocenters. The second-order valence-electron chi connectivity index (χ2n) is 3.88. The molecule has 0 aliphatic rings. The molecule has 1 aromatic carbocycles. The molecule has 0 aliphatic carbocycles. The van der Waals surface area contributed by atoms with Crippen LogP contribution in [0.1, 0.15) is 28.5 Å². The molecular weight excluding hydrogens is 218 g/mol. The standard InChI is InChI=1S/C13H13NO3/c1-3-9-6-10(5-4-8(9)2)12-7-11(13(15)16)14-17-12/h4-7H,3H2,1-2H3,(H,15,16). The summed E-state index contributed by atoms with van der Waals surface area (Å²) in [6.07, 6.45) is 0.930. The molecule has 17 heavy (non-hydrogen) atoms. The van der Waals surface area contributed by atoms with Crippen molar-refractivity contribution in [1.29, 1.82) is 0 Å². The molecule has 2 rings (SSSR count). The number of carboxylic acids is 1. The van der Waals surface area contributed by atoms with Crippen molar-refractivity contribution in [3.63, 3.8) is 0 Å². The predicted molar refractivity (Wildman–Crippen MR) is 63.0 cm³/mol. The van der Waals surface area contributed by atoms with Gasteiger partial charge in [0.1, 0.15) is 0 Å². The maximum Gasteiger partial charge on any atom is 0.358 e. The zero-order valence-electron chi connectivity index (χ0n) is 9.73. The summed E-state index contributed by atoms with van der Waals surface area (Å²) in [7, 11) is 0. The van der Waals surface area contributed by atoms with Crippen molar-refractivity contribution in [2.24, 2.45) is 0 Å². The Morgan fingerprint density at radius 3 is 2.76 bits per heavy atom. The quantitative estimate of drug-likeness (QED) is 0.882. The number of carboxylic acid groups (broad SMARTS) is 1. The second-order valence-corrected chi connectivity index (χ2v) is 3.88. The zero-order valence-corrected chi connectivity index (χ0v) is 9.73. The van der Waals surface area contributed by atoms with Crippen LogP contribution in [0.25, 0.3) is 11.3 Å². The highest BCUT2D eigenvalue weighted by Gasteiger charge is 2.12. The third kappa shape index (κ3) is 2.20. The number of rotatable bonds is 3. The van der Waals surface area contributed by atoms with Gasteiger partial charge in [0.15, 0.2) is 11.5 Å². The van der Waals surface area contributed by atoms with E-state index in [1.165, 1.54) is 17.2 Å². The van der Waals surface area contributed by atoms with Gasteiger partial charge in [-0.25, -0.2) is 4.79 Å². The van der Waals surface area contributed by atoms with Crippen LogP contribution in [0.3, 0.4) is 0 Å². The fraction of sp³-hybridized carbons (Fsp3) is 0.231. The van der Waals surface area contributed by atoms with E-state index in [9.17, 15) is 4.79 Å². The van der Waals surface area contributed by atoms with Crippen molar-refractivity contribution >= 4 is 5.97 Å². The predicted octanol–water partition coefficient (Wildman–Crippen LogP) is 2.91. The largest absolute Gasteiger partial charge is 0.476 e. The van der Waals surface area contributed by atoms with Gasteiger partial charge in [0, 0.05) is 11.6 Å². The summed E-state index contributed by atoms with van der Waals surface area (Å²) < 4.78 is 5.02. The minimum Gasteiger partial charge on any atom is -0.476 e. The fourth-order valence-corrected chi connectivity index (χ4v) is 1.72. The molecule has 1 heterocycles. The SMILES string of the molecule is CCc1cc(-c2cc(C(=O)O)no2)ccc1C.